The van der Waals surface area contributed by atoms with E-state index in [1.165, 1.54) is 6.92 Å². The standard InChI is InChI=1S/C26H44O5Si/c1-17(28)30-23-11-10-22-21-9-8-18(16-24(29)31-32(6,7)25(2,3)4)19(13-15-27)20(21)12-14-26(22,23)5/h15,18-23H,8-14,16H2,1-7H3/t18-,19-,20+,21+,22-,23-,26-/m0/s1. The van der Waals surface area contributed by atoms with E-state index in [9.17, 15) is 14.4 Å². The highest BCUT2D eigenvalue weighted by Gasteiger charge is 2.57. The van der Waals surface area contributed by atoms with Gasteiger partial charge in [0.2, 0.25) is 0 Å². The molecule has 0 aromatic carbocycles. The molecule has 0 aliphatic heterocycles. The van der Waals surface area contributed by atoms with Gasteiger partial charge in [0, 0.05) is 25.2 Å². The Kier molecular flexibility index (Phi) is 7.34. The Morgan fingerprint density at radius 2 is 1.75 bits per heavy atom. The maximum atomic E-state index is 12.9. The molecule has 0 heterocycles. The van der Waals surface area contributed by atoms with Crippen LogP contribution in [0, 0.1) is 35.0 Å². The van der Waals surface area contributed by atoms with Crippen molar-refractivity contribution in [1.82, 2.24) is 0 Å². The van der Waals surface area contributed by atoms with Crippen molar-refractivity contribution in [3.63, 3.8) is 0 Å². The number of aldehydes is 1. The first kappa shape index (κ1) is 25.4. The molecule has 0 aromatic heterocycles. The lowest BCUT2D eigenvalue weighted by Crippen LogP contribution is -2.49. The fraction of sp³-hybridized carbons (Fsp3) is 0.885. The summed E-state index contributed by atoms with van der Waals surface area (Å²) in [7, 11) is -2.14. The summed E-state index contributed by atoms with van der Waals surface area (Å²) in [5.74, 6) is 1.82. The molecule has 0 saturated heterocycles. The number of rotatable bonds is 6. The van der Waals surface area contributed by atoms with Crippen molar-refractivity contribution >= 4 is 26.5 Å². The summed E-state index contributed by atoms with van der Waals surface area (Å²) in [6, 6.07) is 0. The van der Waals surface area contributed by atoms with Crippen LogP contribution in [-0.2, 0) is 23.5 Å². The minimum Gasteiger partial charge on any atom is -0.519 e. The molecule has 7 atom stereocenters. The summed E-state index contributed by atoms with van der Waals surface area (Å²) >= 11 is 0. The number of hydrogen-bond acceptors (Lipinski definition) is 5. The molecule has 0 N–H and O–H groups in total. The van der Waals surface area contributed by atoms with Crippen LogP contribution < -0.4 is 0 Å². The maximum Gasteiger partial charge on any atom is 0.302 e. The zero-order valence-electron chi connectivity index (χ0n) is 21.2. The Morgan fingerprint density at radius 1 is 1.06 bits per heavy atom. The summed E-state index contributed by atoms with van der Waals surface area (Å²) in [5.41, 5.74) is 0.0483. The minimum absolute atomic E-state index is 0.00268. The predicted octanol–water partition coefficient (Wildman–Crippen LogP) is 5.91. The van der Waals surface area contributed by atoms with E-state index in [1.807, 2.05) is 0 Å². The summed E-state index contributed by atoms with van der Waals surface area (Å²) in [6.07, 6.45) is 8.28. The fourth-order valence-corrected chi connectivity index (χ4v) is 7.96. The average Bonchev–Trinajstić information content (AvgIpc) is 2.98. The van der Waals surface area contributed by atoms with Crippen molar-refractivity contribution in [2.24, 2.45) is 35.0 Å². The Bertz CT molecular complexity index is 726. The van der Waals surface area contributed by atoms with Crippen LogP contribution in [0.2, 0.25) is 18.1 Å². The Hall–Kier alpha value is -1.17. The van der Waals surface area contributed by atoms with Crippen LogP contribution in [0.3, 0.4) is 0 Å². The second kappa shape index (κ2) is 9.23. The summed E-state index contributed by atoms with van der Waals surface area (Å²) < 4.78 is 11.8. The van der Waals surface area contributed by atoms with E-state index in [-0.39, 0.29) is 40.3 Å². The van der Waals surface area contributed by atoms with Crippen molar-refractivity contribution in [2.75, 3.05) is 0 Å². The normalized spacial score (nSPS) is 37.2. The molecule has 0 spiro atoms. The third-order valence-electron chi connectivity index (χ3n) is 9.71. The summed E-state index contributed by atoms with van der Waals surface area (Å²) in [4.78, 5) is 36.2. The van der Waals surface area contributed by atoms with Gasteiger partial charge in [-0.05, 0) is 86.2 Å². The van der Waals surface area contributed by atoms with Gasteiger partial charge in [-0.1, -0.05) is 27.7 Å². The SMILES string of the molecule is CC(=O)O[C@H]1CC[C@H]2[C@@H]3CC[C@@H](CC(=O)O[Si](C)(C)C(C)(C)C)[C@H](CC=O)[C@H]3CC[C@]12C. The molecule has 0 amide bonds. The molecule has 3 aliphatic rings. The first-order valence-electron chi connectivity index (χ1n) is 12.6. The molecule has 0 unspecified atom stereocenters. The van der Waals surface area contributed by atoms with E-state index in [4.69, 9.17) is 9.16 Å². The molecule has 3 rings (SSSR count). The highest BCUT2D eigenvalue weighted by atomic mass is 28.4. The third kappa shape index (κ3) is 4.85. The molecular weight excluding hydrogens is 420 g/mol. The first-order valence-corrected chi connectivity index (χ1v) is 15.5. The van der Waals surface area contributed by atoms with Crippen molar-refractivity contribution in [1.29, 1.82) is 0 Å². The minimum atomic E-state index is -2.14. The van der Waals surface area contributed by atoms with Gasteiger partial charge in [0.15, 0.2) is 0 Å². The van der Waals surface area contributed by atoms with Gasteiger partial charge in [-0.15, -0.1) is 0 Å². The molecule has 6 heteroatoms. The Morgan fingerprint density at radius 3 is 2.34 bits per heavy atom. The lowest BCUT2D eigenvalue weighted by atomic mass is 9.51. The third-order valence-corrected chi connectivity index (χ3v) is 14.1. The number of esters is 1. The van der Waals surface area contributed by atoms with Crippen molar-refractivity contribution in [3.8, 4) is 0 Å². The monoisotopic (exact) mass is 464 g/mol. The molecule has 0 radical (unpaired) electrons. The van der Waals surface area contributed by atoms with E-state index < -0.39 is 8.32 Å². The number of ether oxygens (including phenoxy) is 1. The molecule has 182 valence electrons. The highest BCUT2D eigenvalue weighted by Crippen LogP contribution is 2.62. The highest BCUT2D eigenvalue weighted by molar-refractivity contribution is 6.75. The Labute approximate surface area is 195 Å². The van der Waals surface area contributed by atoms with Crippen LogP contribution in [0.5, 0.6) is 0 Å². The van der Waals surface area contributed by atoms with Gasteiger partial charge in [-0.25, -0.2) is 0 Å². The fourth-order valence-electron chi connectivity index (χ4n) is 7.00. The van der Waals surface area contributed by atoms with Gasteiger partial charge in [-0.2, -0.15) is 0 Å². The summed E-state index contributed by atoms with van der Waals surface area (Å²) in [6.45, 7) is 14.5. The van der Waals surface area contributed by atoms with Gasteiger partial charge in [0.25, 0.3) is 14.3 Å². The molecule has 3 saturated carbocycles. The number of carbonyl (C=O) groups is 3. The van der Waals surface area contributed by atoms with Gasteiger partial charge in [0.05, 0.1) is 0 Å². The molecule has 3 fully saturated rings. The molecule has 5 nitrogen and oxygen atoms in total. The van der Waals surface area contributed by atoms with Crippen molar-refractivity contribution < 1.29 is 23.5 Å². The molecular formula is C26H44O5Si. The van der Waals surface area contributed by atoms with Gasteiger partial charge < -0.3 is 14.0 Å². The molecule has 32 heavy (non-hydrogen) atoms. The van der Waals surface area contributed by atoms with Crippen LogP contribution in [-0.4, -0.2) is 32.6 Å². The largest absolute Gasteiger partial charge is 0.519 e. The quantitative estimate of drug-likeness (QED) is 0.277. The molecule has 3 aliphatic carbocycles. The Balaban J connectivity index is 1.72. The van der Waals surface area contributed by atoms with Gasteiger partial charge in [0.1, 0.15) is 12.4 Å². The molecule has 0 bridgehead atoms. The predicted molar refractivity (Wildman–Crippen MR) is 127 cm³/mol. The van der Waals surface area contributed by atoms with Crippen molar-refractivity contribution in [3.05, 3.63) is 0 Å². The van der Waals surface area contributed by atoms with E-state index in [0.29, 0.717) is 30.6 Å². The van der Waals surface area contributed by atoms with E-state index >= 15 is 0 Å². The van der Waals surface area contributed by atoms with Crippen LogP contribution in [0.25, 0.3) is 0 Å². The van der Waals surface area contributed by atoms with Crippen LogP contribution in [0.15, 0.2) is 0 Å². The van der Waals surface area contributed by atoms with Gasteiger partial charge in [-0.3, -0.25) is 9.59 Å². The van der Waals surface area contributed by atoms with Crippen molar-refractivity contribution in [2.45, 2.75) is 110 Å². The topological polar surface area (TPSA) is 69.7 Å². The zero-order valence-corrected chi connectivity index (χ0v) is 22.2. The lowest BCUT2D eigenvalue weighted by Gasteiger charge is -2.54. The number of hydrogen-bond donors (Lipinski definition) is 0. The summed E-state index contributed by atoms with van der Waals surface area (Å²) in [5, 5.41) is -0.00268. The average molecular weight is 465 g/mol. The van der Waals surface area contributed by atoms with E-state index in [0.717, 1.165) is 44.8 Å². The van der Waals surface area contributed by atoms with E-state index in [1.54, 1.807) is 0 Å². The zero-order chi connectivity index (χ0) is 23.9. The second-order valence-corrected chi connectivity index (χ2v) is 17.2. The smallest absolute Gasteiger partial charge is 0.302 e. The number of carbonyl (C=O) groups excluding carboxylic acids is 3. The first-order chi connectivity index (χ1) is 14.8. The number of fused-ring (bicyclic) bond motifs is 3. The maximum absolute atomic E-state index is 12.9. The van der Waals surface area contributed by atoms with Crippen LogP contribution >= 0.6 is 0 Å². The van der Waals surface area contributed by atoms with E-state index in [2.05, 4.69) is 40.8 Å². The van der Waals surface area contributed by atoms with Crippen LogP contribution in [0.4, 0.5) is 0 Å². The van der Waals surface area contributed by atoms with Gasteiger partial charge >= 0.3 is 5.97 Å². The second-order valence-electron chi connectivity index (χ2n) is 12.5. The molecule has 0 aromatic rings. The van der Waals surface area contributed by atoms with Crippen LogP contribution in [0.1, 0.15) is 86.0 Å². The lowest BCUT2D eigenvalue weighted by molar-refractivity contribution is -0.157.